The van der Waals surface area contributed by atoms with Gasteiger partial charge in [0.1, 0.15) is 0 Å². The van der Waals surface area contributed by atoms with E-state index in [-0.39, 0.29) is 0 Å². The average molecular weight is 206 g/mol. The molecule has 6 N–H and O–H groups in total. The van der Waals surface area contributed by atoms with Gasteiger partial charge in [0.25, 0.3) is 0 Å². The monoisotopic (exact) mass is 206 g/mol. The topological polar surface area (TPSA) is 107 Å². The van der Waals surface area contributed by atoms with Crippen molar-refractivity contribution < 1.29 is 20.2 Å². The lowest BCUT2D eigenvalue weighted by Crippen LogP contribution is -2.38. The van der Waals surface area contributed by atoms with Crippen LogP contribution in [0.25, 0.3) is 0 Å². The Balaban J connectivity index is 2.92. The molecule has 0 atom stereocenters. The maximum atomic E-state index is 8.22. The highest BCUT2D eigenvalue weighted by Gasteiger charge is 1.84. The SMILES string of the molecule is OC=CCNNOONNCC=CO. The van der Waals surface area contributed by atoms with E-state index in [0.29, 0.717) is 13.1 Å². The van der Waals surface area contributed by atoms with Crippen LogP contribution in [0.2, 0.25) is 0 Å². The predicted octanol–water partition coefficient (Wildman–Crippen LogP) is -0.904. The van der Waals surface area contributed by atoms with E-state index < -0.39 is 0 Å². The van der Waals surface area contributed by atoms with Crippen LogP contribution in [0.15, 0.2) is 24.7 Å². The summed E-state index contributed by atoms with van der Waals surface area (Å²) in [5, 5.41) is 16.4. The van der Waals surface area contributed by atoms with Crippen molar-refractivity contribution in [2.45, 2.75) is 0 Å². The zero-order chi connectivity index (χ0) is 10.5. The standard InChI is InChI=1S/C6H14N4O4/c11-5-1-3-7-9-13-14-10-8-4-2-6-12/h1-2,5-12H,3-4H2. The zero-order valence-corrected chi connectivity index (χ0v) is 7.43. The van der Waals surface area contributed by atoms with Gasteiger partial charge in [0.15, 0.2) is 0 Å². The fraction of sp³-hybridized carbons (Fsp3) is 0.333. The smallest absolute Gasteiger partial charge is 0.0765 e. The van der Waals surface area contributed by atoms with E-state index in [0.717, 1.165) is 12.5 Å². The first-order chi connectivity index (χ1) is 6.91. The van der Waals surface area contributed by atoms with E-state index in [1.807, 2.05) is 0 Å². The van der Waals surface area contributed by atoms with Crippen molar-refractivity contribution in [2.24, 2.45) is 0 Å². The molecule has 0 amide bonds. The summed E-state index contributed by atoms with van der Waals surface area (Å²) in [5.74, 6) is 0. The lowest BCUT2D eigenvalue weighted by molar-refractivity contribution is -0.388. The number of hydrogen-bond acceptors (Lipinski definition) is 8. The largest absolute Gasteiger partial charge is 0.516 e. The lowest BCUT2D eigenvalue weighted by Gasteiger charge is -2.04. The summed E-state index contributed by atoms with van der Waals surface area (Å²) in [6, 6.07) is 0. The van der Waals surface area contributed by atoms with Gasteiger partial charge >= 0.3 is 0 Å². The highest BCUT2D eigenvalue weighted by Crippen LogP contribution is 1.64. The molecule has 0 aromatic rings. The van der Waals surface area contributed by atoms with Crippen molar-refractivity contribution in [3.63, 3.8) is 0 Å². The highest BCUT2D eigenvalue weighted by molar-refractivity contribution is 4.72. The van der Waals surface area contributed by atoms with Gasteiger partial charge in [0.05, 0.1) is 12.5 Å². The van der Waals surface area contributed by atoms with Crippen LogP contribution in [0.3, 0.4) is 0 Å². The maximum absolute atomic E-state index is 8.22. The van der Waals surface area contributed by atoms with Crippen LogP contribution >= 0.6 is 0 Å². The minimum Gasteiger partial charge on any atom is -0.516 e. The number of hydrogen-bond donors (Lipinski definition) is 6. The molecule has 0 aliphatic rings. The first-order valence-corrected chi connectivity index (χ1v) is 3.78. The summed E-state index contributed by atoms with van der Waals surface area (Å²) in [6.45, 7) is 0.751. The van der Waals surface area contributed by atoms with Crippen molar-refractivity contribution >= 4 is 0 Å². The van der Waals surface area contributed by atoms with Crippen LogP contribution in [0, 0.1) is 0 Å². The quantitative estimate of drug-likeness (QED) is 0.125. The Bertz CT molecular complexity index is 146. The van der Waals surface area contributed by atoms with Crippen LogP contribution in [0.5, 0.6) is 0 Å². The Morgan fingerprint density at radius 1 is 0.857 bits per heavy atom. The fourth-order valence-electron chi connectivity index (χ4n) is 0.407. The summed E-state index contributed by atoms with van der Waals surface area (Å²) in [4.78, 5) is 8.65. The van der Waals surface area contributed by atoms with Gasteiger partial charge in [-0.05, 0) is 12.2 Å². The Kier molecular flexibility index (Phi) is 10.9. The molecule has 0 aromatic carbocycles. The molecule has 14 heavy (non-hydrogen) atoms. The lowest BCUT2D eigenvalue weighted by atomic mass is 10.6. The molecule has 0 saturated heterocycles. The third kappa shape index (κ3) is 10.8. The van der Waals surface area contributed by atoms with Crippen molar-refractivity contribution in [3.05, 3.63) is 24.7 Å². The number of rotatable bonds is 9. The second-order valence-corrected chi connectivity index (χ2v) is 1.90. The molecule has 0 aromatic heterocycles. The summed E-state index contributed by atoms with van der Waals surface area (Å²) >= 11 is 0. The normalized spacial score (nSPS) is 11.7. The molecule has 8 heteroatoms. The van der Waals surface area contributed by atoms with Gasteiger partial charge in [-0.3, -0.25) is 0 Å². The van der Waals surface area contributed by atoms with Gasteiger partial charge in [-0.2, -0.15) is 0 Å². The summed E-state index contributed by atoms with van der Waals surface area (Å²) in [7, 11) is 0. The minimum absolute atomic E-state index is 0.376. The van der Waals surface area contributed by atoms with Crippen molar-refractivity contribution in [3.8, 4) is 0 Å². The number of aliphatic hydroxyl groups excluding tert-OH is 2. The summed E-state index contributed by atoms with van der Waals surface area (Å²) in [5.41, 5.74) is 9.46. The molecule has 8 nitrogen and oxygen atoms in total. The van der Waals surface area contributed by atoms with Crippen molar-refractivity contribution in [2.75, 3.05) is 13.1 Å². The third-order valence-corrected chi connectivity index (χ3v) is 0.920. The van der Waals surface area contributed by atoms with Crippen LogP contribution in [-0.2, 0) is 9.98 Å². The molecule has 0 rings (SSSR count). The molecule has 0 spiro atoms. The van der Waals surface area contributed by atoms with Crippen molar-refractivity contribution in [1.82, 2.24) is 22.0 Å². The average Bonchev–Trinajstić information content (AvgIpc) is 2.21. The molecule has 0 aliphatic carbocycles. The van der Waals surface area contributed by atoms with E-state index in [1.54, 1.807) is 0 Å². The Hall–Kier alpha value is -1.16. The summed E-state index contributed by atoms with van der Waals surface area (Å²) in [6.07, 6.45) is 4.70. The molecule has 82 valence electrons. The van der Waals surface area contributed by atoms with E-state index in [1.165, 1.54) is 12.2 Å². The van der Waals surface area contributed by atoms with E-state index >= 15 is 0 Å². The Morgan fingerprint density at radius 2 is 1.29 bits per heavy atom. The van der Waals surface area contributed by atoms with Crippen LogP contribution < -0.4 is 22.0 Å². The molecule has 0 saturated carbocycles. The molecular weight excluding hydrogens is 192 g/mol. The fourth-order valence-corrected chi connectivity index (χ4v) is 0.407. The van der Waals surface area contributed by atoms with Gasteiger partial charge in [0, 0.05) is 13.1 Å². The molecule has 0 fully saturated rings. The first-order valence-electron chi connectivity index (χ1n) is 3.78. The van der Waals surface area contributed by atoms with Gasteiger partial charge in [-0.15, -0.1) is 21.2 Å². The number of aliphatic hydroxyl groups is 2. The third-order valence-electron chi connectivity index (χ3n) is 0.920. The molecule has 0 radical (unpaired) electrons. The van der Waals surface area contributed by atoms with E-state index in [4.69, 9.17) is 10.2 Å². The van der Waals surface area contributed by atoms with Gasteiger partial charge in [-0.1, -0.05) is 0 Å². The predicted molar refractivity (Wildman–Crippen MR) is 48.0 cm³/mol. The molecule has 0 heterocycles. The maximum Gasteiger partial charge on any atom is 0.0765 e. The van der Waals surface area contributed by atoms with Gasteiger partial charge < -0.3 is 10.2 Å². The number of nitrogens with one attached hydrogen (secondary N) is 4. The Morgan fingerprint density at radius 3 is 1.64 bits per heavy atom. The number of hydrazine groups is 2. The van der Waals surface area contributed by atoms with Gasteiger partial charge in [-0.25, -0.2) is 10.9 Å². The zero-order valence-electron chi connectivity index (χ0n) is 7.43. The minimum atomic E-state index is 0.376. The second-order valence-electron chi connectivity index (χ2n) is 1.90. The molecule has 0 aliphatic heterocycles. The molecule has 0 bridgehead atoms. The summed E-state index contributed by atoms with van der Waals surface area (Å²) < 4.78 is 0. The van der Waals surface area contributed by atoms with Crippen molar-refractivity contribution in [1.29, 1.82) is 0 Å². The van der Waals surface area contributed by atoms with Crippen LogP contribution in [0.4, 0.5) is 0 Å². The van der Waals surface area contributed by atoms with Crippen LogP contribution in [-0.4, -0.2) is 23.3 Å². The van der Waals surface area contributed by atoms with E-state index in [9.17, 15) is 0 Å². The highest BCUT2D eigenvalue weighted by atomic mass is 17.3. The first kappa shape index (κ1) is 12.8. The second kappa shape index (κ2) is 11.8. The molecular formula is C6H14N4O4. The molecule has 0 unspecified atom stereocenters. The van der Waals surface area contributed by atoms with Gasteiger partial charge in [0.2, 0.25) is 0 Å². The Labute approximate surface area is 81.0 Å². The van der Waals surface area contributed by atoms with Crippen LogP contribution in [0.1, 0.15) is 0 Å². The van der Waals surface area contributed by atoms with E-state index in [2.05, 4.69) is 32.0 Å².